The molecule has 0 aliphatic rings. The Balaban J connectivity index is 0.000000401. The maximum atomic E-state index is 9.10. The first-order chi connectivity index (χ1) is 15.0. The molecule has 2 heterocycles. The third-order valence-electron chi connectivity index (χ3n) is 4.53. The molecule has 4 aromatic rings. The minimum Gasteiger partial charge on any atom is -0.497 e. The Morgan fingerprint density at radius 3 is 2.48 bits per heavy atom. The Labute approximate surface area is 177 Å². The first-order valence-corrected chi connectivity index (χ1v) is 9.50. The second-order valence-electron chi connectivity index (χ2n) is 6.63. The predicted molar refractivity (Wildman–Crippen MR) is 114 cm³/mol. The van der Waals surface area contributed by atoms with E-state index < -0.39 is 11.9 Å². The van der Waals surface area contributed by atoms with Gasteiger partial charge < -0.3 is 20.3 Å². The van der Waals surface area contributed by atoms with Crippen LogP contribution in [-0.2, 0) is 22.6 Å². The maximum Gasteiger partial charge on any atom is 0.414 e. The van der Waals surface area contributed by atoms with E-state index in [9.17, 15) is 0 Å². The lowest BCUT2D eigenvalue weighted by Crippen LogP contribution is -2.17. The Morgan fingerprint density at radius 2 is 1.74 bits per heavy atom. The number of ether oxygens (including phenoxy) is 1. The molecule has 0 spiro atoms. The smallest absolute Gasteiger partial charge is 0.414 e. The van der Waals surface area contributed by atoms with Gasteiger partial charge in [0.2, 0.25) is 0 Å². The van der Waals surface area contributed by atoms with Gasteiger partial charge in [-0.15, -0.1) is 10.2 Å². The summed E-state index contributed by atoms with van der Waals surface area (Å²) >= 11 is 0. The lowest BCUT2D eigenvalue weighted by atomic mass is 10.1. The highest BCUT2D eigenvalue weighted by molar-refractivity contribution is 6.27. The molecule has 0 unspecified atom stereocenters. The van der Waals surface area contributed by atoms with Gasteiger partial charge in [0.15, 0.2) is 5.65 Å². The SMILES string of the molecule is COc1ccc2cc(CNCCc3nnc4ccccn34)ccc2c1.O=C(O)C(=O)O. The van der Waals surface area contributed by atoms with Crippen LogP contribution in [0, 0.1) is 0 Å². The lowest BCUT2D eigenvalue weighted by molar-refractivity contribution is -0.159. The Bertz CT molecular complexity index is 1190. The molecular formula is C22H22N4O5. The number of hydrogen-bond donors (Lipinski definition) is 3. The summed E-state index contributed by atoms with van der Waals surface area (Å²) in [5.74, 6) is -1.78. The van der Waals surface area contributed by atoms with Crippen molar-refractivity contribution in [2.45, 2.75) is 13.0 Å². The van der Waals surface area contributed by atoms with Crippen LogP contribution in [0.4, 0.5) is 0 Å². The number of nitrogens with zero attached hydrogens (tertiary/aromatic N) is 3. The molecule has 0 aliphatic heterocycles. The molecule has 4 rings (SSSR count). The standard InChI is InChI=1S/C20H20N4O.C2H2O4/c1-25-18-8-7-16-12-15(5-6-17(16)13-18)14-21-10-9-20-23-22-19-4-2-3-11-24(19)20;3-1(4)2(5)6/h2-8,11-13,21H,9-10,14H2,1H3;(H,3,4)(H,5,6). The van der Waals surface area contributed by atoms with E-state index >= 15 is 0 Å². The molecule has 9 nitrogen and oxygen atoms in total. The second kappa shape index (κ2) is 10.2. The van der Waals surface area contributed by atoms with Gasteiger partial charge in [0.1, 0.15) is 11.6 Å². The summed E-state index contributed by atoms with van der Waals surface area (Å²) in [6.45, 7) is 1.69. The lowest BCUT2D eigenvalue weighted by Gasteiger charge is -2.07. The maximum absolute atomic E-state index is 9.10. The van der Waals surface area contributed by atoms with Crippen molar-refractivity contribution in [3.05, 3.63) is 72.2 Å². The summed E-state index contributed by atoms with van der Waals surface area (Å²) in [6.07, 6.45) is 2.85. The number of methoxy groups -OCH3 is 1. The number of carboxylic acid groups (broad SMARTS) is 2. The summed E-state index contributed by atoms with van der Waals surface area (Å²) in [4.78, 5) is 18.2. The largest absolute Gasteiger partial charge is 0.497 e. The first-order valence-electron chi connectivity index (χ1n) is 9.50. The van der Waals surface area contributed by atoms with Gasteiger partial charge in [-0.25, -0.2) is 9.59 Å². The first kappa shape index (κ1) is 21.7. The van der Waals surface area contributed by atoms with Crippen LogP contribution in [0.1, 0.15) is 11.4 Å². The number of aromatic nitrogens is 3. The van der Waals surface area contributed by atoms with E-state index in [0.29, 0.717) is 0 Å². The van der Waals surface area contributed by atoms with E-state index in [4.69, 9.17) is 24.5 Å². The molecule has 2 aromatic heterocycles. The van der Waals surface area contributed by atoms with Crippen LogP contribution in [0.25, 0.3) is 16.4 Å². The van der Waals surface area contributed by atoms with Gasteiger partial charge in [-0.1, -0.05) is 24.3 Å². The summed E-state index contributed by atoms with van der Waals surface area (Å²) in [6, 6.07) is 18.6. The number of pyridine rings is 1. The summed E-state index contributed by atoms with van der Waals surface area (Å²) in [5, 5.41) is 29.1. The van der Waals surface area contributed by atoms with E-state index in [1.54, 1.807) is 7.11 Å². The molecule has 160 valence electrons. The summed E-state index contributed by atoms with van der Waals surface area (Å²) < 4.78 is 7.31. The van der Waals surface area contributed by atoms with Crippen LogP contribution >= 0.6 is 0 Å². The molecule has 31 heavy (non-hydrogen) atoms. The van der Waals surface area contributed by atoms with Crippen LogP contribution < -0.4 is 10.1 Å². The third kappa shape index (κ3) is 5.77. The molecule has 0 radical (unpaired) electrons. The molecule has 0 bridgehead atoms. The van der Waals surface area contributed by atoms with Gasteiger partial charge in [-0.05, 0) is 46.7 Å². The zero-order valence-corrected chi connectivity index (χ0v) is 16.9. The van der Waals surface area contributed by atoms with Crippen LogP contribution in [-0.4, -0.2) is 50.4 Å². The van der Waals surface area contributed by atoms with E-state index in [-0.39, 0.29) is 0 Å². The molecule has 2 aromatic carbocycles. The Kier molecular flexibility index (Phi) is 7.13. The predicted octanol–water partition coefficient (Wildman–Crippen LogP) is 2.38. The van der Waals surface area contributed by atoms with Crippen molar-refractivity contribution < 1.29 is 24.5 Å². The van der Waals surface area contributed by atoms with E-state index in [1.807, 2.05) is 34.9 Å². The summed E-state index contributed by atoms with van der Waals surface area (Å²) in [7, 11) is 1.69. The molecule has 0 amide bonds. The highest BCUT2D eigenvalue weighted by Crippen LogP contribution is 2.21. The average molecular weight is 422 g/mol. The zero-order valence-electron chi connectivity index (χ0n) is 16.9. The fourth-order valence-electron chi connectivity index (χ4n) is 3.00. The highest BCUT2D eigenvalue weighted by Gasteiger charge is 2.05. The number of carboxylic acids is 2. The number of hydrogen-bond acceptors (Lipinski definition) is 6. The van der Waals surface area contributed by atoms with E-state index in [1.165, 1.54) is 16.3 Å². The number of benzene rings is 2. The fraction of sp³-hybridized carbons (Fsp3) is 0.182. The van der Waals surface area contributed by atoms with Gasteiger partial charge in [-0.2, -0.15) is 0 Å². The van der Waals surface area contributed by atoms with Crippen molar-refractivity contribution in [1.82, 2.24) is 19.9 Å². The molecule has 0 fully saturated rings. The zero-order chi connectivity index (χ0) is 22.2. The van der Waals surface area contributed by atoms with Gasteiger partial charge >= 0.3 is 11.9 Å². The Hall–Kier alpha value is -3.98. The molecule has 0 aliphatic carbocycles. The van der Waals surface area contributed by atoms with Crippen molar-refractivity contribution in [2.75, 3.05) is 13.7 Å². The average Bonchev–Trinajstić information content (AvgIpc) is 3.19. The normalized spacial score (nSPS) is 10.5. The van der Waals surface area contributed by atoms with Crippen molar-refractivity contribution >= 4 is 28.4 Å². The van der Waals surface area contributed by atoms with Crippen molar-refractivity contribution in [1.29, 1.82) is 0 Å². The quantitative estimate of drug-likeness (QED) is 0.319. The third-order valence-corrected chi connectivity index (χ3v) is 4.53. The van der Waals surface area contributed by atoms with E-state index in [0.717, 1.165) is 36.7 Å². The second-order valence-corrected chi connectivity index (χ2v) is 6.63. The van der Waals surface area contributed by atoms with Crippen LogP contribution in [0.5, 0.6) is 5.75 Å². The minimum absolute atomic E-state index is 0.832. The van der Waals surface area contributed by atoms with E-state index in [2.05, 4.69) is 45.8 Å². The number of aliphatic carboxylic acids is 2. The minimum atomic E-state index is -1.82. The molecule has 9 heteroatoms. The van der Waals surface area contributed by atoms with Crippen LogP contribution in [0.2, 0.25) is 0 Å². The monoisotopic (exact) mass is 422 g/mol. The van der Waals surface area contributed by atoms with Crippen molar-refractivity contribution in [2.24, 2.45) is 0 Å². The van der Waals surface area contributed by atoms with Gasteiger partial charge in [0.05, 0.1) is 7.11 Å². The van der Waals surface area contributed by atoms with Gasteiger partial charge in [-0.3, -0.25) is 4.40 Å². The van der Waals surface area contributed by atoms with Crippen LogP contribution in [0.3, 0.4) is 0 Å². The molecular weight excluding hydrogens is 400 g/mol. The fourth-order valence-corrected chi connectivity index (χ4v) is 3.00. The van der Waals surface area contributed by atoms with Crippen molar-refractivity contribution in [3.63, 3.8) is 0 Å². The molecule has 3 N–H and O–H groups in total. The highest BCUT2D eigenvalue weighted by atomic mass is 16.5. The Morgan fingerprint density at radius 1 is 1.00 bits per heavy atom. The molecule has 0 saturated heterocycles. The van der Waals surface area contributed by atoms with Gasteiger partial charge in [0, 0.05) is 25.7 Å². The number of nitrogens with one attached hydrogen (secondary N) is 1. The van der Waals surface area contributed by atoms with Crippen molar-refractivity contribution in [3.8, 4) is 5.75 Å². The number of carbonyl (C=O) groups is 2. The van der Waals surface area contributed by atoms with Crippen LogP contribution in [0.15, 0.2) is 60.8 Å². The number of rotatable bonds is 6. The van der Waals surface area contributed by atoms with Gasteiger partial charge in [0.25, 0.3) is 0 Å². The molecule has 0 saturated carbocycles. The number of fused-ring (bicyclic) bond motifs is 2. The topological polar surface area (TPSA) is 126 Å². The summed E-state index contributed by atoms with van der Waals surface area (Å²) in [5.41, 5.74) is 2.16. The molecule has 0 atom stereocenters.